The van der Waals surface area contributed by atoms with Gasteiger partial charge in [-0.05, 0) is 25.0 Å². The van der Waals surface area contributed by atoms with Crippen LogP contribution >= 0.6 is 0 Å². The lowest BCUT2D eigenvalue weighted by Crippen LogP contribution is -2.23. The molecule has 1 fully saturated rings. The standard InChI is InChI=1S/C17H22N2O2/c20-9-3-8-19-11-14(17(21)12-19)10-15-7-6-13-4-1-2-5-16(13)18-15/h1-2,4-7,14,17,20-21H,3,8-12H2/t14-,17-/m1/s1. The van der Waals surface area contributed by atoms with Gasteiger partial charge < -0.3 is 15.1 Å². The first-order valence-corrected chi connectivity index (χ1v) is 7.62. The molecule has 1 aliphatic heterocycles. The van der Waals surface area contributed by atoms with Crippen molar-refractivity contribution in [3.05, 3.63) is 42.1 Å². The first-order chi connectivity index (χ1) is 10.3. The van der Waals surface area contributed by atoms with E-state index in [9.17, 15) is 5.11 Å². The van der Waals surface area contributed by atoms with Gasteiger partial charge in [-0.2, -0.15) is 0 Å². The summed E-state index contributed by atoms with van der Waals surface area (Å²) in [5, 5.41) is 20.2. The van der Waals surface area contributed by atoms with Crippen LogP contribution in [0.15, 0.2) is 36.4 Å². The van der Waals surface area contributed by atoms with Gasteiger partial charge in [-0.25, -0.2) is 0 Å². The summed E-state index contributed by atoms with van der Waals surface area (Å²) >= 11 is 0. The third-order valence-electron chi connectivity index (χ3n) is 4.24. The highest BCUT2D eigenvalue weighted by Crippen LogP contribution is 2.22. The molecule has 1 saturated heterocycles. The average Bonchev–Trinajstić information content (AvgIpc) is 2.85. The normalized spacial score (nSPS) is 23.0. The van der Waals surface area contributed by atoms with Gasteiger partial charge in [0.15, 0.2) is 0 Å². The number of hydrogen-bond acceptors (Lipinski definition) is 4. The minimum absolute atomic E-state index is 0.212. The highest BCUT2D eigenvalue weighted by Gasteiger charge is 2.31. The lowest BCUT2D eigenvalue weighted by molar-refractivity contribution is 0.140. The topological polar surface area (TPSA) is 56.6 Å². The molecule has 4 heteroatoms. The second-order valence-corrected chi connectivity index (χ2v) is 5.86. The largest absolute Gasteiger partial charge is 0.396 e. The van der Waals surface area contributed by atoms with Crippen LogP contribution in [0.5, 0.6) is 0 Å². The highest BCUT2D eigenvalue weighted by atomic mass is 16.3. The van der Waals surface area contributed by atoms with Gasteiger partial charge in [-0.1, -0.05) is 24.3 Å². The molecule has 0 spiro atoms. The smallest absolute Gasteiger partial charge is 0.0711 e. The zero-order chi connectivity index (χ0) is 14.7. The Bertz CT molecular complexity index is 602. The summed E-state index contributed by atoms with van der Waals surface area (Å²) < 4.78 is 0. The van der Waals surface area contributed by atoms with Gasteiger partial charge in [0.25, 0.3) is 0 Å². The second kappa shape index (κ2) is 6.52. The molecule has 2 aromatic rings. The molecule has 3 rings (SSSR count). The monoisotopic (exact) mass is 286 g/mol. The zero-order valence-corrected chi connectivity index (χ0v) is 12.2. The summed E-state index contributed by atoms with van der Waals surface area (Å²) in [6, 6.07) is 12.3. The Hall–Kier alpha value is -1.49. The van der Waals surface area contributed by atoms with Gasteiger partial charge in [0, 0.05) is 43.2 Å². The molecule has 1 aromatic carbocycles. The summed E-state index contributed by atoms with van der Waals surface area (Å²) in [4.78, 5) is 6.92. The Kier molecular flexibility index (Phi) is 4.48. The van der Waals surface area contributed by atoms with Gasteiger partial charge in [0.05, 0.1) is 11.6 Å². The molecule has 0 unspecified atom stereocenters. The van der Waals surface area contributed by atoms with Crippen LogP contribution < -0.4 is 0 Å². The molecule has 0 aliphatic carbocycles. The fourth-order valence-corrected chi connectivity index (χ4v) is 3.11. The molecule has 4 nitrogen and oxygen atoms in total. The number of aromatic nitrogens is 1. The Labute approximate surface area is 125 Å². The summed E-state index contributed by atoms with van der Waals surface area (Å²) in [5.41, 5.74) is 2.06. The molecule has 0 saturated carbocycles. The predicted octanol–water partition coefficient (Wildman–Crippen LogP) is 1.45. The van der Waals surface area contributed by atoms with E-state index in [0.717, 1.165) is 42.5 Å². The maximum Gasteiger partial charge on any atom is 0.0711 e. The minimum Gasteiger partial charge on any atom is -0.396 e. The van der Waals surface area contributed by atoms with Crippen LogP contribution in [0.1, 0.15) is 12.1 Å². The van der Waals surface area contributed by atoms with E-state index in [4.69, 9.17) is 10.1 Å². The van der Waals surface area contributed by atoms with Gasteiger partial charge in [0.2, 0.25) is 0 Å². The molecule has 2 heterocycles. The van der Waals surface area contributed by atoms with Crippen LogP contribution in [0.3, 0.4) is 0 Å². The number of hydrogen-bond donors (Lipinski definition) is 2. The first-order valence-electron chi connectivity index (χ1n) is 7.62. The summed E-state index contributed by atoms with van der Waals surface area (Å²) in [5.74, 6) is 0.234. The third kappa shape index (κ3) is 3.40. The van der Waals surface area contributed by atoms with Gasteiger partial charge in [0.1, 0.15) is 0 Å². The van der Waals surface area contributed by atoms with Crippen molar-refractivity contribution >= 4 is 10.9 Å². The van der Waals surface area contributed by atoms with E-state index in [-0.39, 0.29) is 18.6 Å². The molecular formula is C17H22N2O2. The van der Waals surface area contributed by atoms with Crippen LogP contribution in [0, 0.1) is 5.92 Å². The van der Waals surface area contributed by atoms with Crippen LogP contribution in [-0.2, 0) is 6.42 Å². The Morgan fingerprint density at radius 1 is 1.14 bits per heavy atom. The number of β-amino-alcohol motifs (C(OH)–C–C–N with tert-alkyl or cyclic N) is 1. The number of aliphatic hydroxyl groups is 2. The SMILES string of the molecule is OCCCN1C[C@@H](Cc2ccc3ccccc3n2)[C@H](O)C1. The zero-order valence-electron chi connectivity index (χ0n) is 12.2. The van der Waals surface area contributed by atoms with Crippen molar-refractivity contribution in [2.45, 2.75) is 18.9 Å². The maximum absolute atomic E-state index is 10.2. The van der Waals surface area contributed by atoms with Crippen LogP contribution in [-0.4, -0.2) is 52.4 Å². The van der Waals surface area contributed by atoms with Crippen LogP contribution in [0.25, 0.3) is 10.9 Å². The van der Waals surface area contributed by atoms with Crippen LogP contribution in [0.4, 0.5) is 0 Å². The van der Waals surface area contributed by atoms with Crippen molar-refractivity contribution in [1.29, 1.82) is 0 Å². The lowest BCUT2D eigenvalue weighted by Gasteiger charge is -2.14. The molecule has 1 aromatic heterocycles. The van der Waals surface area contributed by atoms with Crippen molar-refractivity contribution in [3.8, 4) is 0 Å². The number of aliphatic hydroxyl groups excluding tert-OH is 2. The van der Waals surface area contributed by atoms with E-state index in [0.29, 0.717) is 6.54 Å². The summed E-state index contributed by atoms with van der Waals surface area (Å²) in [7, 11) is 0. The number of likely N-dealkylation sites (tertiary alicyclic amines) is 1. The van der Waals surface area contributed by atoms with Crippen molar-refractivity contribution in [2.75, 3.05) is 26.2 Å². The van der Waals surface area contributed by atoms with E-state index in [1.165, 1.54) is 0 Å². The Morgan fingerprint density at radius 2 is 2.00 bits per heavy atom. The minimum atomic E-state index is -0.294. The fraction of sp³-hybridized carbons (Fsp3) is 0.471. The van der Waals surface area contributed by atoms with Crippen molar-refractivity contribution in [2.24, 2.45) is 5.92 Å². The maximum atomic E-state index is 10.2. The number of rotatable bonds is 5. The summed E-state index contributed by atoms with van der Waals surface area (Å²) in [6.45, 7) is 2.66. The molecule has 0 bridgehead atoms. The van der Waals surface area contributed by atoms with Crippen molar-refractivity contribution in [1.82, 2.24) is 9.88 Å². The predicted molar refractivity (Wildman–Crippen MR) is 83.1 cm³/mol. The van der Waals surface area contributed by atoms with Crippen molar-refractivity contribution < 1.29 is 10.2 Å². The Balaban J connectivity index is 1.67. The molecule has 21 heavy (non-hydrogen) atoms. The van der Waals surface area contributed by atoms with Crippen LogP contribution in [0.2, 0.25) is 0 Å². The molecule has 2 atom stereocenters. The number of para-hydroxylation sites is 1. The van der Waals surface area contributed by atoms with E-state index in [1.807, 2.05) is 18.2 Å². The Morgan fingerprint density at radius 3 is 2.86 bits per heavy atom. The molecular weight excluding hydrogens is 264 g/mol. The molecule has 1 aliphatic rings. The average molecular weight is 286 g/mol. The van der Waals surface area contributed by atoms with E-state index in [2.05, 4.69) is 23.1 Å². The molecule has 2 N–H and O–H groups in total. The molecule has 0 amide bonds. The third-order valence-corrected chi connectivity index (χ3v) is 4.24. The highest BCUT2D eigenvalue weighted by molar-refractivity contribution is 5.78. The first kappa shape index (κ1) is 14.4. The van der Waals surface area contributed by atoms with E-state index in [1.54, 1.807) is 0 Å². The van der Waals surface area contributed by atoms with Gasteiger partial charge >= 0.3 is 0 Å². The number of pyridine rings is 1. The summed E-state index contributed by atoms with van der Waals surface area (Å²) in [6.07, 6.45) is 1.28. The lowest BCUT2D eigenvalue weighted by atomic mass is 9.99. The molecule has 0 radical (unpaired) electrons. The quantitative estimate of drug-likeness (QED) is 0.873. The fourth-order valence-electron chi connectivity index (χ4n) is 3.11. The molecule has 112 valence electrons. The number of benzene rings is 1. The van der Waals surface area contributed by atoms with Gasteiger partial charge in [-0.15, -0.1) is 0 Å². The van der Waals surface area contributed by atoms with E-state index < -0.39 is 0 Å². The van der Waals surface area contributed by atoms with Crippen molar-refractivity contribution in [3.63, 3.8) is 0 Å². The number of fused-ring (bicyclic) bond motifs is 1. The number of nitrogens with zero attached hydrogens (tertiary/aromatic N) is 2. The second-order valence-electron chi connectivity index (χ2n) is 5.86. The van der Waals surface area contributed by atoms with Gasteiger partial charge in [-0.3, -0.25) is 4.98 Å². The van der Waals surface area contributed by atoms with E-state index >= 15 is 0 Å².